The van der Waals surface area contributed by atoms with Gasteiger partial charge in [-0.15, -0.1) is 0 Å². The number of rotatable bonds is 6. The number of nitrogens with zero attached hydrogens (tertiary/aromatic N) is 3. The third-order valence-corrected chi connectivity index (χ3v) is 7.43. The Morgan fingerprint density at radius 3 is 2.84 bits per heavy atom. The molecule has 1 saturated heterocycles. The highest BCUT2D eigenvalue weighted by Crippen LogP contribution is 2.29. The summed E-state index contributed by atoms with van der Waals surface area (Å²) in [5.74, 6) is -0.340. The minimum Gasteiger partial charge on any atom is -0.373 e. The van der Waals surface area contributed by atoms with Crippen molar-refractivity contribution in [2.24, 2.45) is 4.99 Å². The standard InChI is InChI=1S/C25H33FN4OS/c1-19-14-24(10-12-29(19)16-20-11-13-32-17-20)30(23-9-5-6-21(26)15-23)25(31)28-18-27-22-7-3-2-4-8-22/h5-6,9,11,13,15,17-19,22,24H,2-4,7-8,10,12,14,16H2,1H3,(H,27,28,31)/t19-,24+/m0/s1. The Labute approximate surface area is 194 Å². The molecule has 1 aromatic heterocycles. The first-order valence-corrected chi connectivity index (χ1v) is 12.7. The van der Waals surface area contributed by atoms with Crippen LogP contribution in [-0.4, -0.2) is 41.9 Å². The fraction of sp³-hybridized carbons (Fsp3) is 0.520. The molecule has 1 aliphatic heterocycles. The Morgan fingerprint density at radius 2 is 2.12 bits per heavy atom. The number of piperidine rings is 1. The van der Waals surface area contributed by atoms with Gasteiger partial charge in [0, 0.05) is 36.9 Å². The zero-order chi connectivity index (χ0) is 22.3. The van der Waals surface area contributed by atoms with Gasteiger partial charge in [-0.1, -0.05) is 25.3 Å². The van der Waals surface area contributed by atoms with E-state index < -0.39 is 0 Å². The molecule has 32 heavy (non-hydrogen) atoms. The average Bonchev–Trinajstić information content (AvgIpc) is 3.30. The van der Waals surface area contributed by atoms with E-state index in [1.54, 1.807) is 34.7 Å². The molecular formula is C25H33FN4OS. The van der Waals surface area contributed by atoms with Crippen molar-refractivity contribution in [2.45, 2.75) is 76.5 Å². The maximum absolute atomic E-state index is 14.0. The lowest BCUT2D eigenvalue weighted by Gasteiger charge is -2.41. The van der Waals surface area contributed by atoms with Crippen molar-refractivity contribution in [1.29, 1.82) is 0 Å². The Morgan fingerprint density at radius 1 is 1.28 bits per heavy atom. The first kappa shape index (κ1) is 22.9. The minimum absolute atomic E-state index is 0.00939. The van der Waals surface area contributed by atoms with Gasteiger partial charge in [-0.05, 0) is 73.2 Å². The molecule has 2 aromatic rings. The molecule has 5 nitrogen and oxygen atoms in total. The topological polar surface area (TPSA) is 47.9 Å². The number of likely N-dealkylation sites (tertiary alicyclic amines) is 1. The van der Waals surface area contributed by atoms with Gasteiger partial charge in [-0.3, -0.25) is 9.80 Å². The van der Waals surface area contributed by atoms with Crippen LogP contribution in [0.25, 0.3) is 0 Å². The summed E-state index contributed by atoms with van der Waals surface area (Å²) in [5, 5.41) is 7.59. The number of hydrogen-bond acceptors (Lipinski definition) is 3. The van der Waals surface area contributed by atoms with Crippen molar-refractivity contribution in [2.75, 3.05) is 11.4 Å². The van der Waals surface area contributed by atoms with Crippen molar-refractivity contribution in [3.8, 4) is 0 Å². The zero-order valence-corrected chi connectivity index (χ0v) is 19.6. The van der Waals surface area contributed by atoms with Crippen LogP contribution in [0.5, 0.6) is 0 Å². The average molecular weight is 457 g/mol. The van der Waals surface area contributed by atoms with Crippen molar-refractivity contribution in [3.63, 3.8) is 0 Å². The largest absolute Gasteiger partial charge is 0.373 e. The molecule has 4 rings (SSSR count). The van der Waals surface area contributed by atoms with E-state index in [9.17, 15) is 9.18 Å². The number of anilines is 1. The van der Waals surface area contributed by atoms with Crippen LogP contribution in [-0.2, 0) is 6.54 Å². The smallest absolute Gasteiger partial charge is 0.349 e. The summed E-state index contributed by atoms with van der Waals surface area (Å²) in [7, 11) is 0. The Balaban J connectivity index is 1.45. The normalized spacial score (nSPS) is 22.8. The maximum atomic E-state index is 14.0. The lowest BCUT2D eigenvalue weighted by Crippen LogP contribution is -2.50. The molecule has 172 valence electrons. The number of hydrogen-bond donors (Lipinski definition) is 1. The van der Waals surface area contributed by atoms with Crippen molar-refractivity contribution in [3.05, 3.63) is 52.5 Å². The van der Waals surface area contributed by atoms with Crippen LogP contribution in [0.15, 0.2) is 46.1 Å². The fourth-order valence-corrected chi connectivity index (χ4v) is 5.58. The molecule has 1 aromatic carbocycles. The first-order chi connectivity index (χ1) is 15.6. The molecule has 1 saturated carbocycles. The molecule has 1 N–H and O–H groups in total. The number of thiophene rings is 1. The van der Waals surface area contributed by atoms with E-state index in [0.717, 1.165) is 38.8 Å². The van der Waals surface area contributed by atoms with Gasteiger partial charge >= 0.3 is 6.03 Å². The summed E-state index contributed by atoms with van der Waals surface area (Å²) in [6.07, 6.45) is 9.18. The summed E-state index contributed by atoms with van der Waals surface area (Å²) in [6.45, 7) is 4.03. The molecule has 0 unspecified atom stereocenters. The van der Waals surface area contributed by atoms with Crippen molar-refractivity contribution < 1.29 is 9.18 Å². The van der Waals surface area contributed by atoms with Gasteiger partial charge in [0.05, 0.1) is 6.34 Å². The van der Waals surface area contributed by atoms with Gasteiger partial charge < -0.3 is 5.32 Å². The molecule has 0 spiro atoms. The lowest BCUT2D eigenvalue weighted by molar-refractivity contribution is 0.138. The SMILES string of the molecule is C[C@H]1C[C@H](N(C(=O)/N=C/NC2CCCCC2)c2cccc(F)c2)CCN1Cc1ccsc1. The second-order valence-electron chi connectivity index (χ2n) is 9.02. The third-order valence-electron chi connectivity index (χ3n) is 6.70. The monoisotopic (exact) mass is 456 g/mol. The summed E-state index contributed by atoms with van der Waals surface area (Å²) in [4.78, 5) is 21.6. The molecule has 2 aliphatic rings. The van der Waals surface area contributed by atoms with Gasteiger partial charge in [-0.25, -0.2) is 9.18 Å². The van der Waals surface area contributed by atoms with E-state index in [-0.39, 0.29) is 17.9 Å². The Bertz CT molecular complexity index is 897. The zero-order valence-electron chi connectivity index (χ0n) is 18.8. The second-order valence-corrected chi connectivity index (χ2v) is 9.80. The summed E-state index contributed by atoms with van der Waals surface area (Å²) >= 11 is 1.72. The molecule has 7 heteroatoms. The van der Waals surface area contributed by atoms with Crippen molar-refractivity contribution in [1.82, 2.24) is 10.2 Å². The summed E-state index contributed by atoms with van der Waals surface area (Å²) in [6, 6.07) is 8.84. The van der Waals surface area contributed by atoms with Gasteiger partial charge in [-0.2, -0.15) is 16.3 Å². The number of nitrogens with one attached hydrogen (secondary N) is 1. The van der Waals surface area contributed by atoms with Crippen LogP contribution in [0.3, 0.4) is 0 Å². The minimum atomic E-state index is -0.340. The molecule has 1 aliphatic carbocycles. The van der Waals surface area contributed by atoms with E-state index in [1.165, 1.54) is 37.0 Å². The number of urea groups is 1. The van der Waals surface area contributed by atoms with Crippen LogP contribution in [0.2, 0.25) is 0 Å². The van der Waals surface area contributed by atoms with E-state index >= 15 is 0 Å². The number of carbonyl (C=O) groups is 1. The third kappa shape index (κ3) is 5.95. The summed E-state index contributed by atoms with van der Waals surface area (Å²) < 4.78 is 14.0. The fourth-order valence-electron chi connectivity index (χ4n) is 4.92. The molecule has 0 radical (unpaired) electrons. The molecule has 2 heterocycles. The first-order valence-electron chi connectivity index (χ1n) is 11.7. The van der Waals surface area contributed by atoms with E-state index in [4.69, 9.17) is 0 Å². The van der Waals surface area contributed by atoms with Gasteiger partial charge in [0.15, 0.2) is 0 Å². The van der Waals surface area contributed by atoms with Crippen LogP contribution in [0.1, 0.15) is 57.4 Å². The highest BCUT2D eigenvalue weighted by atomic mass is 32.1. The molecule has 2 atom stereocenters. The van der Waals surface area contributed by atoms with Crippen LogP contribution >= 0.6 is 11.3 Å². The number of amides is 2. The van der Waals surface area contributed by atoms with Gasteiger partial charge in [0.25, 0.3) is 0 Å². The Kier molecular flexibility index (Phi) is 7.92. The van der Waals surface area contributed by atoms with Crippen LogP contribution in [0.4, 0.5) is 14.9 Å². The lowest BCUT2D eigenvalue weighted by atomic mass is 9.96. The quantitative estimate of drug-likeness (QED) is 0.440. The van der Waals surface area contributed by atoms with E-state index in [2.05, 4.69) is 39.0 Å². The molecule has 2 fully saturated rings. The predicted octanol–water partition coefficient (Wildman–Crippen LogP) is 5.82. The van der Waals surface area contributed by atoms with Gasteiger partial charge in [0.2, 0.25) is 0 Å². The highest BCUT2D eigenvalue weighted by Gasteiger charge is 2.33. The maximum Gasteiger partial charge on any atom is 0.349 e. The van der Waals surface area contributed by atoms with Crippen LogP contribution < -0.4 is 10.2 Å². The second kappa shape index (κ2) is 11.1. The van der Waals surface area contributed by atoms with Gasteiger partial charge in [0.1, 0.15) is 5.82 Å². The molecule has 0 bridgehead atoms. The number of carbonyl (C=O) groups excluding carboxylic acids is 1. The van der Waals surface area contributed by atoms with E-state index in [1.807, 2.05) is 0 Å². The Hall–Kier alpha value is -2.25. The van der Waals surface area contributed by atoms with Crippen LogP contribution in [0, 0.1) is 5.82 Å². The number of benzene rings is 1. The van der Waals surface area contributed by atoms with Crippen molar-refractivity contribution >= 4 is 29.4 Å². The van der Waals surface area contributed by atoms with E-state index in [0.29, 0.717) is 17.8 Å². The molecule has 2 amide bonds. The predicted molar refractivity (Wildman–Crippen MR) is 130 cm³/mol. The highest BCUT2D eigenvalue weighted by molar-refractivity contribution is 7.07. The molecular weight excluding hydrogens is 423 g/mol. The number of aliphatic imine (C=N–C) groups is 1. The number of halogens is 1. The summed E-state index contributed by atoms with van der Waals surface area (Å²) in [5.41, 5.74) is 1.91.